The van der Waals surface area contributed by atoms with Gasteiger partial charge in [0.05, 0.1) is 0 Å². The van der Waals surface area contributed by atoms with Crippen LogP contribution in [-0.4, -0.2) is 10.2 Å². The summed E-state index contributed by atoms with van der Waals surface area (Å²) in [5, 5.41) is 7.93. The first-order valence-corrected chi connectivity index (χ1v) is 5.89. The predicted octanol–water partition coefficient (Wildman–Crippen LogP) is 3.85. The first-order chi connectivity index (χ1) is 9.22. The van der Waals surface area contributed by atoms with Crippen molar-refractivity contribution in [1.82, 2.24) is 10.2 Å². The fourth-order valence-electron chi connectivity index (χ4n) is 1.77. The lowest BCUT2D eigenvalue weighted by Gasteiger charge is -1.96. The molecule has 0 aliphatic heterocycles. The van der Waals surface area contributed by atoms with Crippen LogP contribution in [-0.2, 0) is 0 Å². The van der Waals surface area contributed by atoms with Crippen LogP contribution in [0.5, 0.6) is 0 Å². The molecule has 0 spiro atoms. The minimum atomic E-state index is -0.326. The SMILES string of the molecule is Cc1ccc(-c2nnc(-c3cccc(F)c3)o2)cc1. The number of benzene rings is 2. The minimum Gasteiger partial charge on any atom is -0.416 e. The molecular weight excluding hydrogens is 243 g/mol. The topological polar surface area (TPSA) is 38.9 Å². The van der Waals surface area contributed by atoms with Crippen LogP contribution in [0.2, 0.25) is 0 Å². The van der Waals surface area contributed by atoms with Gasteiger partial charge in [-0.25, -0.2) is 4.39 Å². The third kappa shape index (κ3) is 2.38. The van der Waals surface area contributed by atoms with Gasteiger partial charge in [-0.3, -0.25) is 0 Å². The van der Waals surface area contributed by atoms with Gasteiger partial charge in [0.25, 0.3) is 0 Å². The average Bonchev–Trinajstić information content (AvgIpc) is 2.89. The quantitative estimate of drug-likeness (QED) is 0.697. The molecule has 0 fully saturated rings. The van der Waals surface area contributed by atoms with Crippen molar-refractivity contribution in [2.75, 3.05) is 0 Å². The molecule has 3 aromatic rings. The normalized spacial score (nSPS) is 10.6. The molecule has 3 nitrogen and oxygen atoms in total. The van der Waals surface area contributed by atoms with Gasteiger partial charge in [0.2, 0.25) is 11.8 Å². The lowest BCUT2D eigenvalue weighted by molar-refractivity contribution is 0.582. The van der Waals surface area contributed by atoms with Crippen LogP contribution < -0.4 is 0 Å². The maximum atomic E-state index is 13.1. The lowest BCUT2D eigenvalue weighted by atomic mass is 10.1. The zero-order valence-corrected chi connectivity index (χ0v) is 10.3. The van der Waals surface area contributed by atoms with Gasteiger partial charge in [-0.2, -0.15) is 0 Å². The Hall–Kier alpha value is -2.49. The molecule has 0 unspecified atom stereocenters. The molecule has 2 aromatic carbocycles. The van der Waals surface area contributed by atoms with E-state index >= 15 is 0 Å². The van der Waals surface area contributed by atoms with E-state index in [1.54, 1.807) is 12.1 Å². The molecule has 0 saturated heterocycles. The number of rotatable bonds is 2. The number of halogens is 1. The molecule has 0 radical (unpaired) electrons. The summed E-state index contributed by atoms with van der Waals surface area (Å²) in [6.07, 6.45) is 0. The van der Waals surface area contributed by atoms with Crippen molar-refractivity contribution in [3.8, 4) is 22.9 Å². The van der Waals surface area contributed by atoms with E-state index in [9.17, 15) is 4.39 Å². The third-order valence-corrected chi connectivity index (χ3v) is 2.80. The van der Waals surface area contributed by atoms with Crippen molar-refractivity contribution < 1.29 is 8.81 Å². The molecule has 0 aliphatic rings. The van der Waals surface area contributed by atoms with Crippen LogP contribution in [0, 0.1) is 12.7 Å². The lowest BCUT2D eigenvalue weighted by Crippen LogP contribution is -1.79. The molecule has 0 amide bonds. The molecule has 19 heavy (non-hydrogen) atoms. The van der Waals surface area contributed by atoms with E-state index in [1.807, 2.05) is 31.2 Å². The fourth-order valence-corrected chi connectivity index (χ4v) is 1.77. The highest BCUT2D eigenvalue weighted by molar-refractivity contribution is 5.58. The van der Waals surface area contributed by atoms with Gasteiger partial charge in [0.1, 0.15) is 5.82 Å². The van der Waals surface area contributed by atoms with Gasteiger partial charge in [-0.05, 0) is 37.3 Å². The minimum absolute atomic E-state index is 0.315. The smallest absolute Gasteiger partial charge is 0.248 e. The van der Waals surface area contributed by atoms with Crippen molar-refractivity contribution in [3.05, 3.63) is 59.9 Å². The molecule has 0 bridgehead atoms. The van der Waals surface area contributed by atoms with Gasteiger partial charge >= 0.3 is 0 Å². The Morgan fingerprint density at radius 2 is 1.58 bits per heavy atom. The Balaban J connectivity index is 1.97. The molecule has 0 aliphatic carbocycles. The van der Waals surface area contributed by atoms with Crippen LogP contribution in [0.15, 0.2) is 52.9 Å². The maximum Gasteiger partial charge on any atom is 0.248 e. The van der Waals surface area contributed by atoms with Gasteiger partial charge in [-0.15, -0.1) is 10.2 Å². The Kier molecular flexibility index (Phi) is 2.83. The standard InChI is InChI=1S/C15H11FN2O/c1-10-5-7-11(8-6-10)14-17-18-15(19-14)12-3-2-4-13(16)9-12/h2-9H,1H3. The Labute approximate surface area is 109 Å². The zero-order valence-electron chi connectivity index (χ0n) is 10.3. The molecular formula is C15H11FN2O. The summed E-state index contributed by atoms with van der Waals surface area (Å²) in [6, 6.07) is 13.9. The maximum absolute atomic E-state index is 13.1. The van der Waals surface area contributed by atoms with Crippen LogP contribution in [0.4, 0.5) is 4.39 Å². The highest BCUT2D eigenvalue weighted by Crippen LogP contribution is 2.24. The monoisotopic (exact) mass is 254 g/mol. The van der Waals surface area contributed by atoms with E-state index in [0.29, 0.717) is 17.3 Å². The summed E-state index contributed by atoms with van der Waals surface area (Å²) in [5.41, 5.74) is 2.58. The fraction of sp³-hybridized carbons (Fsp3) is 0.0667. The molecule has 0 saturated carbocycles. The summed E-state index contributed by atoms with van der Waals surface area (Å²) in [4.78, 5) is 0. The van der Waals surface area contributed by atoms with Crippen LogP contribution >= 0.6 is 0 Å². The number of nitrogens with zero attached hydrogens (tertiary/aromatic N) is 2. The van der Waals surface area contributed by atoms with Crippen LogP contribution in [0.3, 0.4) is 0 Å². The summed E-state index contributed by atoms with van der Waals surface area (Å²) >= 11 is 0. The Morgan fingerprint density at radius 1 is 0.895 bits per heavy atom. The van der Waals surface area contributed by atoms with Gasteiger partial charge in [0, 0.05) is 11.1 Å². The van der Waals surface area contributed by atoms with E-state index in [4.69, 9.17) is 4.42 Å². The van der Waals surface area contributed by atoms with Crippen LogP contribution in [0.1, 0.15) is 5.56 Å². The van der Waals surface area contributed by atoms with E-state index in [-0.39, 0.29) is 5.82 Å². The largest absolute Gasteiger partial charge is 0.416 e. The van der Waals surface area contributed by atoms with E-state index in [1.165, 1.54) is 12.1 Å². The van der Waals surface area contributed by atoms with Crippen molar-refractivity contribution in [2.24, 2.45) is 0 Å². The highest BCUT2D eigenvalue weighted by Gasteiger charge is 2.10. The first-order valence-electron chi connectivity index (χ1n) is 5.89. The second-order valence-electron chi connectivity index (χ2n) is 4.29. The van der Waals surface area contributed by atoms with E-state index in [0.717, 1.165) is 11.1 Å². The summed E-state index contributed by atoms with van der Waals surface area (Å²) in [5.74, 6) is 0.418. The number of aromatic nitrogens is 2. The van der Waals surface area contributed by atoms with Crippen molar-refractivity contribution in [2.45, 2.75) is 6.92 Å². The summed E-state index contributed by atoms with van der Waals surface area (Å²) in [7, 11) is 0. The van der Waals surface area contributed by atoms with Gasteiger partial charge < -0.3 is 4.42 Å². The van der Waals surface area contributed by atoms with E-state index in [2.05, 4.69) is 10.2 Å². The highest BCUT2D eigenvalue weighted by atomic mass is 19.1. The molecule has 0 atom stereocenters. The molecule has 4 heteroatoms. The molecule has 1 heterocycles. The number of aryl methyl sites for hydroxylation is 1. The molecule has 3 rings (SSSR count). The predicted molar refractivity (Wildman–Crippen MR) is 69.9 cm³/mol. The molecule has 1 aromatic heterocycles. The van der Waals surface area contributed by atoms with E-state index < -0.39 is 0 Å². The molecule has 94 valence electrons. The Morgan fingerprint density at radius 3 is 2.26 bits per heavy atom. The average molecular weight is 254 g/mol. The van der Waals surface area contributed by atoms with Crippen molar-refractivity contribution >= 4 is 0 Å². The summed E-state index contributed by atoms with van der Waals surface area (Å²) < 4.78 is 18.7. The summed E-state index contributed by atoms with van der Waals surface area (Å²) in [6.45, 7) is 2.01. The third-order valence-electron chi connectivity index (χ3n) is 2.80. The van der Waals surface area contributed by atoms with Gasteiger partial charge in [-0.1, -0.05) is 23.8 Å². The first kappa shape index (κ1) is 11.6. The molecule has 0 N–H and O–H groups in total. The van der Waals surface area contributed by atoms with Crippen LogP contribution in [0.25, 0.3) is 22.9 Å². The van der Waals surface area contributed by atoms with Crippen molar-refractivity contribution in [3.63, 3.8) is 0 Å². The second-order valence-corrected chi connectivity index (χ2v) is 4.29. The van der Waals surface area contributed by atoms with Crippen molar-refractivity contribution in [1.29, 1.82) is 0 Å². The number of hydrogen-bond donors (Lipinski definition) is 0. The Bertz CT molecular complexity index is 704. The second kappa shape index (κ2) is 4.65. The number of hydrogen-bond acceptors (Lipinski definition) is 3. The zero-order chi connectivity index (χ0) is 13.2. The van der Waals surface area contributed by atoms with Gasteiger partial charge in [0.15, 0.2) is 0 Å².